The lowest BCUT2D eigenvalue weighted by atomic mass is 10.2. The van der Waals surface area contributed by atoms with Crippen molar-refractivity contribution in [2.45, 2.75) is 13.3 Å². The summed E-state index contributed by atoms with van der Waals surface area (Å²) >= 11 is 2.86. The van der Waals surface area contributed by atoms with Gasteiger partial charge in [0.25, 0.3) is 6.43 Å². The van der Waals surface area contributed by atoms with Crippen molar-refractivity contribution in [1.82, 2.24) is 4.98 Å². The van der Waals surface area contributed by atoms with Crippen LogP contribution in [-0.2, 0) is 0 Å². The Morgan fingerprint density at radius 2 is 2.17 bits per heavy atom. The van der Waals surface area contributed by atoms with Crippen molar-refractivity contribution in [2.75, 3.05) is 0 Å². The highest BCUT2D eigenvalue weighted by Gasteiger charge is 2.15. The Morgan fingerprint density at radius 3 is 2.58 bits per heavy atom. The average Bonchev–Trinajstić information content (AvgIpc) is 1.82. The number of H-pyrrole nitrogens is 1. The minimum atomic E-state index is -2.57. The molecular weight excluding hydrogens is 232 g/mol. The van der Waals surface area contributed by atoms with Crippen LogP contribution in [0.15, 0.2) is 15.5 Å². The van der Waals surface area contributed by atoms with Crippen LogP contribution in [0.25, 0.3) is 0 Å². The second-order valence-electron chi connectivity index (χ2n) is 2.34. The molecule has 0 amide bonds. The largest absolute Gasteiger partial charge is 0.316 e. The third-order valence-corrected chi connectivity index (χ3v) is 2.09. The van der Waals surface area contributed by atoms with Gasteiger partial charge in [0.2, 0.25) is 5.56 Å². The molecule has 0 aromatic carbocycles. The molecule has 0 saturated carbocycles. The lowest BCUT2D eigenvalue weighted by Gasteiger charge is -2.05. The van der Waals surface area contributed by atoms with Gasteiger partial charge < -0.3 is 4.98 Å². The lowest BCUT2D eigenvalue weighted by Crippen LogP contribution is -2.08. The summed E-state index contributed by atoms with van der Waals surface area (Å²) in [7, 11) is 0. The Labute approximate surface area is 75.7 Å². The molecule has 1 rings (SSSR count). The highest BCUT2D eigenvalue weighted by molar-refractivity contribution is 9.10. The van der Waals surface area contributed by atoms with Gasteiger partial charge in [-0.05, 0) is 28.4 Å². The normalized spacial score (nSPS) is 10.8. The van der Waals surface area contributed by atoms with Gasteiger partial charge in [-0.15, -0.1) is 0 Å². The fourth-order valence-corrected chi connectivity index (χ4v) is 1.61. The predicted octanol–water partition coefficient (Wildman–Crippen LogP) is 2.38. The van der Waals surface area contributed by atoms with Gasteiger partial charge in [0.1, 0.15) is 0 Å². The molecule has 0 aliphatic heterocycles. The first-order valence-electron chi connectivity index (χ1n) is 3.20. The van der Waals surface area contributed by atoms with Crippen LogP contribution in [0.1, 0.15) is 17.6 Å². The molecular formula is C7H6BrF2NO. The number of hydrogen-bond donors (Lipinski definition) is 1. The zero-order valence-corrected chi connectivity index (χ0v) is 7.78. The molecule has 0 aliphatic carbocycles. The van der Waals surface area contributed by atoms with E-state index in [4.69, 9.17) is 0 Å². The molecule has 0 atom stereocenters. The maximum atomic E-state index is 12.3. The van der Waals surface area contributed by atoms with E-state index < -0.39 is 6.43 Å². The van der Waals surface area contributed by atoms with Gasteiger partial charge in [-0.2, -0.15) is 0 Å². The molecule has 1 heterocycles. The molecule has 1 aromatic heterocycles. The van der Waals surface area contributed by atoms with Gasteiger partial charge >= 0.3 is 0 Å². The summed E-state index contributed by atoms with van der Waals surface area (Å²) in [6.07, 6.45) is -2.57. The molecule has 0 bridgehead atoms. The summed E-state index contributed by atoms with van der Waals surface area (Å²) in [6.45, 7) is 1.47. The first-order valence-corrected chi connectivity index (χ1v) is 3.99. The van der Waals surface area contributed by atoms with Gasteiger partial charge in [-0.25, -0.2) is 8.78 Å². The van der Waals surface area contributed by atoms with E-state index in [0.29, 0.717) is 5.56 Å². The molecule has 1 aromatic rings. The van der Waals surface area contributed by atoms with Crippen molar-refractivity contribution in [3.63, 3.8) is 0 Å². The van der Waals surface area contributed by atoms with Crippen molar-refractivity contribution in [1.29, 1.82) is 0 Å². The van der Waals surface area contributed by atoms with Gasteiger partial charge in [0, 0.05) is 6.07 Å². The number of aromatic nitrogens is 1. The van der Waals surface area contributed by atoms with E-state index in [1.165, 1.54) is 6.92 Å². The Kier molecular flexibility index (Phi) is 2.62. The molecule has 0 aliphatic rings. The number of pyridine rings is 1. The first kappa shape index (κ1) is 9.38. The van der Waals surface area contributed by atoms with E-state index in [9.17, 15) is 13.6 Å². The van der Waals surface area contributed by atoms with Gasteiger partial charge in [0.05, 0.1) is 10.2 Å². The van der Waals surface area contributed by atoms with Gasteiger partial charge in [-0.3, -0.25) is 4.79 Å². The maximum Gasteiger partial charge on any atom is 0.266 e. The number of alkyl halides is 2. The number of halogens is 3. The van der Waals surface area contributed by atoms with E-state index >= 15 is 0 Å². The minimum absolute atomic E-state index is 0.0579. The second kappa shape index (κ2) is 3.35. The van der Waals surface area contributed by atoms with Crippen LogP contribution in [0.4, 0.5) is 8.78 Å². The van der Waals surface area contributed by atoms with Crippen molar-refractivity contribution in [3.8, 4) is 0 Å². The van der Waals surface area contributed by atoms with Gasteiger partial charge in [-0.1, -0.05) is 0 Å². The predicted molar refractivity (Wildman–Crippen MR) is 44.5 cm³/mol. The molecule has 0 unspecified atom stereocenters. The van der Waals surface area contributed by atoms with Crippen molar-refractivity contribution >= 4 is 15.9 Å². The van der Waals surface area contributed by atoms with Crippen molar-refractivity contribution in [3.05, 3.63) is 32.2 Å². The Balaban J connectivity index is 3.38. The monoisotopic (exact) mass is 237 g/mol. The third-order valence-electron chi connectivity index (χ3n) is 1.46. The smallest absolute Gasteiger partial charge is 0.266 e. The van der Waals surface area contributed by atoms with Crippen LogP contribution in [0.2, 0.25) is 0 Å². The van der Waals surface area contributed by atoms with Crippen LogP contribution in [0, 0.1) is 6.92 Å². The maximum absolute atomic E-state index is 12.3. The van der Waals surface area contributed by atoms with E-state index in [1.54, 1.807) is 0 Å². The Bertz CT molecular complexity index is 321. The van der Waals surface area contributed by atoms with E-state index in [-0.39, 0.29) is 15.7 Å². The van der Waals surface area contributed by atoms with Crippen LogP contribution >= 0.6 is 15.9 Å². The zero-order chi connectivity index (χ0) is 9.30. The average molecular weight is 238 g/mol. The molecule has 12 heavy (non-hydrogen) atoms. The van der Waals surface area contributed by atoms with Gasteiger partial charge in [0.15, 0.2) is 0 Å². The number of aryl methyl sites for hydroxylation is 1. The van der Waals surface area contributed by atoms with Crippen LogP contribution < -0.4 is 5.56 Å². The molecule has 2 nitrogen and oxygen atoms in total. The summed E-state index contributed by atoms with van der Waals surface area (Å²) < 4.78 is 24.6. The molecule has 1 N–H and O–H groups in total. The molecule has 0 fully saturated rings. The lowest BCUT2D eigenvalue weighted by molar-refractivity contribution is 0.149. The van der Waals surface area contributed by atoms with Crippen LogP contribution in [0.3, 0.4) is 0 Å². The van der Waals surface area contributed by atoms with Crippen molar-refractivity contribution < 1.29 is 8.78 Å². The molecule has 66 valence electrons. The summed E-state index contributed by atoms with van der Waals surface area (Å²) in [4.78, 5) is 13.0. The standard InChI is InChI=1S/C7H6BrF2NO/c1-3-2-4(12)11-6(8)5(3)7(9)10/h2,7H,1H3,(H,11,12). The molecule has 0 spiro atoms. The quantitative estimate of drug-likeness (QED) is 0.748. The molecule has 0 saturated heterocycles. The number of hydrogen-bond acceptors (Lipinski definition) is 1. The number of rotatable bonds is 1. The third kappa shape index (κ3) is 1.72. The summed E-state index contributed by atoms with van der Waals surface area (Å²) in [5.41, 5.74) is -0.251. The van der Waals surface area contributed by atoms with E-state index in [1.807, 2.05) is 0 Å². The fraction of sp³-hybridized carbons (Fsp3) is 0.286. The Morgan fingerprint density at radius 1 is 1.58 bits per heavy atom. The highest BCUT2D eigenvalue weighted by Crippen LogP contribution is 2.27. The zero-order valence-electron chi connectivity index (χ0n) is 6.20. The van der Waals surface area contributed by atoms with Crippen LogP contribution in [0.5, 0.6) is 0 Å². The summed E-state index contributed by atoms with van der Waals surface area (Å²) in [5.74, 6) is 0. The molecule has 0 radical (unpaired) electrons. The fourth-order valence-electron chi connectivity index (χ4n) is 0.927. The summed E-state index contributed by atoms with van der Waals surface area (Å²) in [5, 5.41) is 0. The summed E-state index contributed by atoms with van der Waals surface area (Å²) in [6, 6.07) is 1.15. The van der Waals surface area contributed by atoms with E-state index in [0.717, 1.165) is 6.07 Å². The Hall–Kier alpha value is -0.710. The minimum Gasteiger partial charge on any atom is -0.316 e. The topological polar surface area (TPSA) is 32.9 Å². The number of aromatic amines is 1. The second-order valence-corrected chi connectivity index (χ2v) is 3.14. The van der Waals surface area contributed by atoms with Crippen molar-refractivity contribution in [2.24, 2.45) is 0 Å². The first-order chi connectivity index (χ1) is 5.52. The van der Waals surface area contributed by atoms with Crippen LogP contribution in [-0.4, -0.2) is 4.98 Å². The van der Waals surface area contributed by atoms with E-state index in [2.05, 4.69) is 20.9 Å². The SMILES string of the molecule is Cc1cc(=O)[nH]c(Br)c1C(F)F. The molecule has 5 heteroatoms. The number of nitrogens with one attached hydrogen (secondary N) is 1. The highest BCUT2D eigenvalue weighted by atomic mass is 79.9.